The third kappa shape index (κ3) is 2.64. The standard InChI is InChI=1S/C15H17NO/c1-11-8-9-16-15(12(11)2)10-13-4-6-14(17-3)7-5-13/h4-9H,10H2,1-3H3. The molecule has 0 fully saturated rings. The van der Waals surface area contributed by atoms with Gasteiger partial charge in [0, 0.05) is 18.3 Å². The molecule has 0 aliphatic carbocycles. The van der Waals surface area contributed by atoms with Gasteiger partial charge in [0.25, 0.3) is 0 Å². The molecule has 0 unspecified atom stereocenters. The molecule has 0 bridgehead atoms. The van der Waals surface area contributed by atoms with Gasteiger partial charge in [-0.15, -0.1) is 0 Å². The number of ether oxygens (including phenoxy) is 1. The molecular formula is C15H17NO. The number of benzene rings is 1. The summed E-state index contributed by atoms with van der Waals surface area (Å²) in [6, 6.07) is 10.2. The number of pyridine rings is 1. The average molecular weight is 227 g/mol. The van der Waals surface area contributed by atoms with Crippen molar-refractivity contribution in [1.29, 1.82) is 0 Å². The summed E-state index contributed by atoms with van der Waals surface area (Å²) in [7, 11) is 1.68. The highest BCUT2D eigenvalue weighted by atomic mass is 16.5. The van der Waals surface area contributed by atoms with Crippen LogP contribution in [0.3, 0.4) is 0 Å². The topological polar surface area (TPSA) is 22.1 Å². The minimum absolute atomic E-state index is 0.873. The molecule has 1 aromatic heterocycles. The first-order valence-corrected chi connectivity index (χ1v) is 5.74. The van der Waals surface area contributed by atoms with Crippen molar-refractivity contribution < 1.29 is 4.74 Å². The highest BCUT2D eigenvalue weighted by Gasteiger charge is 2.03. The molecule has 2 rings (SSSR count). The van der Waals surface area contributed by atoms with E-state index in [0.29, 0.717) is 0 Å². The lowest BCUT2D eigenvalue weighted by Gasteiger charge is -2.08. The van der Waals surface area contributed by atoms with Gasteiger partial charge < -0.3 is 4.74 Å². The normalized spacial score (nSPS) is 10.3. The quantitative estimate of drug-likeness (QED) is 0.802. The smallest absolute Gasteiger partial charge is 0.118 e. The number of rotatable bonds is 3. The molecule has 88 valence electrons. The Hall–Kier alpha value is -1.83. The molecule has 0 aliphatic heterocycles. The second-order valence-corrected chi connectivity index (χ2v) is 4.22. The van der Waals surface area contributed by atoms with Gasteiger partial charge in [0.05, 0.1) is 7.11 Å². The van der Waals surface area contributed by atoms with E-state index in [2.05, 4.69) is 31.0 Å². The molecule has 0 saturated heterocycles. The molecule has 0 atom stereocenters. The first-order chi connectivity index (χ1) is 8.20. The molecule has 0 spiro atoms. The summed E-state index contributed by atoms with van der Waals surface area (Å²) >= 11 is 0. The maximum Gasteiger partial charge on any atom is 0.118 e. The molecular weight excluding hydrogens is 210 g/mol. The van der Waals surface area contributed by atoms with Crippen LogP contribution in [0.4, 0.5) is 0 Å². The van der Waals surface area contributed by atoms with Crippen molar-refractivity contribution in [3.05, 3.63) is 58.9 Å². The van der Waals surface area contributed by atoms with Crippen LogP contribution >= 0.6 is 0 Å². The van der Waals surface area contributed by atoms with Crippen molar-refractivity contribution in [2.45, 2.75) is 20.3 Å². The minimum Gasteiger partial charge on any atom is -0.497 e. The summed E-state index contributed by atoms with van der Waals surface area (Å²) in [5.74, 6) is 0.891. The lowest BCUT2D eigenvalue weighted by molar-refractivity contribution is 0.414. The lowest BCUT2D eigenvalue weighted by Crippen LogP contribution is -1.97. The highest BCUT2D eigenvalue weighted by Crippen LogP contribution is 2.17. The molecule has 0 saturated carbocycles. The van der Waals surface area contributed by atoms with E-state index in [9.17, 15) is 0 Å². The molecule has 0 radical (unpaired) electrons. The Morgan fingerprint density at radius 1 is 1.06 bits per heavy atom. The van der Waals surface area contributed by atoms with E-state index in [-0.39, 0.29) is 0 Å². The molecule has 2 aromatic rings. The van der Waals surface area contributed by atoms with E-state index in [1.165, 1.54) is 16.7 Å². The molecule has 0 aliphatic rings. The number of methoxy groups -OCH3 is 1. The maximum atomic E-state index is 5.15. The second kappa shape index (κ2) is 5.00. The number of aromatic nitrogens is 1. The number of hydrogen-bond acceptors (Lipinski definition) is 2. The highest BCUT2D eigenvalue weighted by molar-refractivity contribution is 5.34. The summed E-state index contributed by atoms with van der Waals surface area (Å²) in [4.78, 5) is 4.45. The van der Waals surface area contributed by atoms with Crippen LogP contribution in [0.5, 0.6) is 5.75 Å². The van der Waals surface area contributed by atoms with Crippen LogP contribution in [-0.2, 0) is 6.42 Å². The second-order valence-electron chi connectivity index (χ2n) is 4.22. The third-order valence-electron chi connectivity index (χ3n) is 3.11. The van der Waals surface area contributed by atoms with E-state index in [4.69, 9.17) is 4.74 Å². The molecule has 1 aromatic carbocycles. The SMILES string of the molecule is COc1ccc(Cc2nccc(C)c2C)cc1. The fourth-order valence-corrected chi connectivity index (χ4v) is 1.80. The van der Waals surface area contributed by atoms with E-state index in [1.807, 2.05) is 24.4 Å². The Morgan fingerprint density at radius 3 is 2.41 bits per heavy atom. The Morgan fingerprint density at radius 2 is 1.76 bits per heavy atom. The Balaban J connectivity index is 2.22. The Kier molecular flexibility index (Phi) is 3.43. The van der Waals surface area contributed by atoms with Gasteiger partial charge in [0.2, 0.25) is 0 Å². The Labute approximate surface area is 102 Å². The monoisotopic (exact) mass is 227 g/mol. The fraction of sp³-hybridized carbons (Fsp3) is 0.267. The lowest BCUT2D eigenvalue weighted by atomic mass is 10.0. The largest absolute Gasteiger partial charge is 0.497 e. The molecule has 1 heterocycles. The molecule has 0 amide bonds. The van der Waals surface area contributed by atoms with E-state index >= 15 is 0 Å². The zero-order valence-electron chi connectivity index (χ0n) is 10.5. The van der Waals surface area contributed by atoms with Gasteiger partial charge in [-0.2, -0.15) is 0 Å². The van der Waals surface area contributed by atoms with Gasteiger partial charge >= 0.3 is 0 Å². The third-order valence-corrected chi connectivity index (χ3v) is 3.11. The van der Waals surface area contributed by atoms with Crippen LogP contribution in [0.1, 0.15) is 22.4 Å². The summed E-state index contributed by atoms with van der Waals surface area (Å²) < 4.78 is 5.15. The Bertz CT molecular complexity index is 503. The van der Waals surface area contributed by atoms with Crippen molar-refractivity contribution in [3.8, 4) is 5.75 Å². The van der Waals surface area contributed by atoms with E-state index in [1.54, 1.807) is 7.11 Å². The maximum absolute atomic E-state index is 5.15. The van der Waals surface area contributed by atoms with Crippen LogP contribution < -0.4 is 4.74 Å². The summed E-state index contributed by atoms with van der Waals surface area (Å²) in [6.07, 6.45) is 2.75. The van der Waals surface area contributed by atoms with Gasteiger partial charge in [0.1, 0.15) is 5.75 Å². The van der Waals surface area contributed by atoms with Crippen LogP contribution in [0.15, 0.2) is 36.5 Å². The molecule has 0 N–H and O–H groups in total. The summed E-state index contributed by atoms with van der Waals surface area (Å²) in [5, 5.41) is 0. The van der Waals surface area contributed by atoms with Crippen molar-refractivity contribution in [2.75, 3.05) is 7.11 Å². The summed E-state index contributed by atoms with van der Waals surface area (Å²) in [6.45, 7) is 4.25. The molecule has 2 nitrogen and oxygen atoms in total. The van der Waals surface area contributed by atoms with Gasteiger partial charge in [-0.25, -0.2) is 0 Å². The van der Waals surface area contributed by atoms with Gasteiger partial charge in [0.15, 0.2) is 0 Å². The van der Waals surface area contributed by atoms with Crippen molar-refractivity contribution in [2.24, 2.45) is 0 Å². The van der Waals surface area contributed by atoms with Gasteiger partial charge in [-0.3, -0.25) is 4.98 Å². The summed E-state index contributed by atoms with van der Waals surface area (Å²) in [5.41, 5.74) is 4.98. The predicted molar refractivity (Wildman–Crippen MR) is 69.5 cm³/mol. The molecule has 17 heavy (non-hydrogen) atoms. The van der Waals surface area contributed by atoms with Gasteiger partial charge in [-0.1, -0.05) is 12.1 Å². The minimum atomic E-state index is 0.873. The first-order valence-electron chi connectivity index (χ1n) is 5.74. The zero-order chi connectivity index (χ0) is 12.3. The molecule has 2 heteroatoms. The van der Waals surface area contributed by atoms with Gasteiger partial charge in [-0.05, 0) is 48.7 Å². The number of nitrogens with zero attached hydrogens (tertiary/aromatic N) is 1. The van der Waals surface area contributed by atoms with E-state index < -0.39 is 0 Å². The number of hydrogen-bond donors (Lipinski definition) is 0. The van der Waals surface area contributed by atoms with Crippen LogP contribution in [0.2, 0.25) is 0 Å². The van der Waals surface area contributed by atoms with Crippen LogP contribution in [0.25, 0.3) is 0 Å². The fourth-order valence-electron chi connectivity index (χ4n) is 1.80. The van der Waals surface area contributed by atoms with Crippen molar-refractivity contribution >= 4 is 0 Å². The van der Waals surface area contributed by atoms with E-state index in [0.717, 1.165) is 17.9 Å². The van der Waals surface area contributed by atoms with Crippen LogP contribution in [-0.4, -0.2) is 12.1 Å². The van der Waals surface area contributed by atoms with Crippen LogP contribution in [0, 0.1) is 13.8 Å². The van der Waals surface area contributed by atoms with Crippen molar-refractivity contribution in [1.82, 2.24) is 4.98 Å². The first kappa shape index (κ1) is 11.6. The van der Waals surface area contributed by atoms with Crippen molar-refractivity contribution in [3.63, 3.8) is 0 Å². The average Bonchev–Trinajstić information content (AvgIpc) is 2.36. The predicted octanol–water partition coefficient (Wildman–Crippen LogP) is 3.30. The number of aryl methyl sites for hydroxylation is 1. The zero-order valence-corrected chi connectivity index (χ0v) is 10.5.